The highest BCUT2D eigenvalue weighted by atomic mass is 32.2. The smallest absolute Gasteiger partial charge is 0.172 e. The number of hydrogen-bond donors (Lipinski definition) is 1. The minimum atomic E-state index is 0.163. The lowest BCUT2D eigenvalue weighted by Gasteiger charge is -2.01. The van der Waals surface area contributed by atoms with Gasteiger partial charge in [0.2, 0.25) is 0 Å². The van der Waals surface area contributed by atoms with Crippen LogP contribution in [-0.4, -0.2) is 21.5 Å². The van der Waals surface area contributed by atoms with E-state index in [0.29, 0.717) is 11.5 Å². The molecule has 0 amide bonds. The molecule has 2 aromatic carbocycles. The first kappa shape index (κ1) is 13.9. The molecule has 106 valence electrons. The molecule has 1 aromatic heterocycles. The molecule has 0 spiro atoms. The molecule has 0 aliphatic carbocycles. The molecule has 0 aliphatic rings. The average Bonchev–Trinajstić information content (AvgIpc) is 2.90. The lowest BCUT2D eigenvalue weighted by Crippen LogP contribution is -2.02. The lowest BCUT2D eigenvalue weighted by atomic mass is 10.1. The van der Waals surface area contributed by atoms with Crippen molar-refractivity contribution in [1.29, 1.82) is 0 Å². The van der Waals surface area contributed by atoms with Crippen LogP contribution < -0.4 is 0 Å². The number of rotatable bonds is 5. The van der Waals surface area contributed by atoms with Crippen molar-refractivity contribution in [1.82, 2.24) is 9.97 Å². The van der Waals surface area contributed by atoms with Gasteiger partial charge in [-0.15, -0.1) is 11.8 Å². The van der Waals surface area contributed by atoms with Crippen LogP contribution in [0.1, 0.15) is 21.7 Å². The minimum Gasteiger partial charge on any atom is -0.341 e. The van der Waals surface area contributed by atoms with Gasteiger partial charge in [0.05, 0.1) is 22.5 Å². The molecule has 3 rings (SSSR count). The maximum absolute atomic E-state index is 12.1. The van der Waals surface area contributed by atoms with Gasteiger partial charge in [0.25, 0.3) is 0 Å². The molecule has 1 N–H and O–H groups in total. The Morgan fingerprint density at radius 3 is 2.67 bits per heavy atom. The first-order valence-corrected chi connectivity index (χ1v) is 7.99. The highest BCUT2D eigenvalue weighted by Gasteiger charge is 2.07. The Hall–Kier alpha value is -2.07. The normalized spacial score (nSPS) is 10.9. The van der Waals surface area contributed by atoms with E-state index in [-0.39, 0.29) is 5.78 Å². The zero-order valence-electron chi connectivity index (χ0n) is 11.8. The number of hydrogen-bond acceptors (Lipinski definition) is 3. The monoisotopic (exact) mass is 296 g/mol. The molecule has 0 fully saturated rings. The second kappa shape index (κ2) is 6.14. The van der Waals surface area contributed by atoms with Crippen molar-refractivity contribution in [3.8, 4) is 0 Å². The Balaban J connectivity index is 1.58. The zero-order chi connectivity index (χ0) is 14.7. The molecule has 0 saturated heterocycles. The van der Waals surface area contributed by atoms with E-state index in [0.717, 1.165) is 22.4 Å². The van der Waals surface area contributed by atoms with E-state index in [4.69, 9.17) is 0 Å². The summed E-state index contributed by atoms with van der Waals surface area (Å²) in [4.78, 5) is 19.8. The van der Waals surface area contributed by atoms with Crippen LogP contribution in [0.5, 0.6) is 0 Å². The summed E-state index contributed by atoms with van der Waals surface area (Å²) in [6.45, 7) is 2.02. The van der Waals surface area contributed by atoms with E-state index >= 15 is 0 Å². The van der Waals surface area contributed by atoms with Crippen molar-refractivity contribution in [2.45, 2.75) is 12.7 Å². The van der Waals surface area contributed by atoms with E-state index < -0.39 is 0 Å². The zero-order valence-corrected chi connectivity index (χ0v) is 12.6. The van der Waals surface area contributed by atoms with Crippen LogP contribution in [0.25, 0.3) is 11.0 Å². The summed E-state index contributed by atoms with van der Waals surface area (Å²) < 4.78 is 0. The van der Waals surface area contributed by atoms with Gasteiger partial charge in [-0.25, -0.2) is 4.98 Å². The van der Waals surface area contributed by atoms with E-state index in [1.807, 2.05) is 55.5 Å². The number of nitrogens with one attached hydrogen (secondary N) is 1. The topological polar surface area (TPSA) is 45.8 Å². The maximum atomic E-state index is 12.1. The number of carbonyl (C=O) groups is 1. The van der Waals surface area contributed by atoms with Crippen molar-refractivity contribution in [2.75, 3.05) is 5.75 Å². The van der Waals surface area contributed by atoms with E-state index in [1.54, 1.807) is 11.8 Å². The second-order valence-electron chi connectivity index (χ2n) is 4.98. The van der Waals surface area contributed by atoms with Gasteiger partial charge in [0.1, 0.15) is 5.82 Å². The summed E-state index contributed by atoms with van der Waals surface area (Å²) in [5.41, 5.74) is 3.95. The summed E-state index contributed by atoms with van der Waals surface area (Å²) in [6.07, 6.45) is 0. The fourth-order valence-electron chi connectivity index (χ4n) is 2.14. The number of nitrogens with zero attached hydrogens (tertiary/aromatic N) is 1. The molecule has 3 nitrogen and oxygen atoms in total. The molecule has 1 heterocycles. The van der Waals surface area contributed by atoms with Crippen LogP contribution >= 0.6 is 11.8 Å². The molecule has 0 aliphatic heterocycles. The standard InChI is InChI=1S/C17H16N2OS/c1-12-6-8-13(9-7-12)16(20)10-21-11-17-18-14-4-2-3-5-15(14)19-17/h2-9H,10-11H2,1H3,(H,18,19). The van der Waals surface area contributed by atoms with Crippen LogP contribution in [-0.2, 0) is 5.75 Å². The molecule has 0 unspecified atom stereocenters. The predicted molar refractivity (Wildman–Crippen MR) is 87.8 cm³/mol. The van der Waals surface area contributed by atoms with Crippen molar-refractivity contribution >= 4 is 28.6 Å². The van der Waals surface area contributed by atoms with Crippen LogP contribution in [0.15, 0.2) is 48.5 Å². The third kappa shape index (κ3) is 3.34. The van der Waals surface area contributed by atoms with Crippen molar-refractivity contribution in [2.24, 2.45) is 0 Å². The van der Waals surface area contributed by atoms with Crippen LogP contribution in [0.4, 0.5) is 0 Å². The van der Waals surface area contributed by atoms with Gasteiger partial charge < -0.3 is 4.98 Å². The van der Waals surface area contributed by atoms with Gasteiger partial charge in [0.15, 0.2) is 5.78 Å². The summed E-state index contributed by atoms with van der Waals surface area (Å²) in [5, 5.41) is 0. The molecule has 0 saturated carbocycles. The third-order valence-corrected chi connectivity index (χ3v) is 4.23. The number of carbonyl (C=O) groups excluding carboxylic acids is 1. The number of Topliss-reactive ketones (excluding diaryl/α,β-unsaturated/α-hetero) is 1. The largest absolute Gasteiger partial charge is 0.341 e. The number of aromatic nitrogens is 2. The number of thioether (sulfide) groups is 1. The molecule has 3 aromatic rings. The number of ketones is 1. The molecule has 21 heavy (non-hydrogen) atoms. The van der Waals surface area contributed by atoms with E-state index in [9.17, 15) is 4.79 Å². The fraction of sp³-hybridized carbons (Fsp3) is 0.176. The second-order valence-corrected chi connectivity index (χ2v) is 5.97. The first-order chi connectivity index (χ1) is 10.2. The quantitative estimate of drug-likeness (QED) is 0.724. The highest BCUT2D eigenvalue weighted by Crippen LogP contribution is 2.16. The van der Waals surface area contributed by atoms with E-state index in [1.165, 1.54) is 5.56 Å². The fourth-order valence-corrected chi connectivity index (χ4v) is 2.92. The highest BCUT2D eigenvalue weighted by molar-refractivity contribution is 7.99. The van der Waals surface area contributed by atoms with Crippen LogP contribution in [0.3, 0.4) is 0 Å². The van der Waals surface area contributed by atoms with Gasteiger partial charge in [-0.3, -0.25) is 4.79 Å². The lowest BCUT2D eigenvalue weighted by molar-refractivity contribution is 0.102. The number of imidazole rings is 1. The van der Waals surface area contributed by atoms with Gasteiger partial charge in [-0.05, 0) is 19.1 Å². The van der Waals surface area contributed by atoms with Crippen molar-refractivity contribution < 1.29 is 4.79 Å². The van der Waals surface area contributed by atoms with Gasteiger partial charge in [-0.2, -0.15) is 0 Å². The average molecular weight is 296 g/mol. The minimum absolute atomic E-state index is 0.163. The molecule has 0 atom stereocenters. The Morgan fingerprint density at radius 1 is 1.14 bits per heavy atom. The van der Waals surface area contributed by atoms with E-state index in [2.05, 4.69) is 9.97 Å². The first-order valence-electron chi connectivity index (χ1n) is 6.83. The third-order valence-electron chi connectivity index (χ3n) is 3.28. The van der Waals surface area contributed by atoms with Gasteiger partial charge >= 0.3 is 0 Å². The SMILES string of the molecule is Cc1ccc(C(=O)CSCc2nc3ccccc3[nH]2)cc1. The maximum Gasteiger partial charge on any atom is 0.172 e. The van der Waals surface area contributed by atoms with Gasteiger partial charge in [0, 0.05) is 5.56 Å². The molecule has 4 heteroatoms. The number of fused-ring (bicyclic) bond motifs is 1. The molecule has 0 bridgehead atoms. The number of aryl methyl sites for hydroxylation is 1. The predicted octanol–water partition coefficient (Wildman–Crippen LogP) is 3.99. The summed E-state index contributed by atoms with van der Waals surface area (Å²) in [5.74, 6) is 2.26. The number of H-pyrrole nitrogens is 1. The van der Waals surface area contributed by atoms with Crippen LogP contribution in [0, 0.1) is 6.92 Å². The Labute approximate surface area is 127 Å². The molecular formula is C17H16N2OS. The summed E-state index contributed by atoms with van der Waals surface area (Å²) in [7, 11) is 0. The molecule has 0 radical (unpaired) electrons. The van der Waals surface area contributed by atoms with Crippen molar-refractivity contribution in [3.05, 3.63) is 65.5 Å². The summed E-state index contributed by atoms with van der Waals surface area (Å²) >= 11 is 1.59. The van der Waals surface area contributed by atoms with Crippen LogP contribution in [0.2, 0.25) is 0 Å². The Morgan fingerprint density at radius 2 is 1.90 bits per heavy atom. The Kier molecular flexibility index (Phi) is 4.06. The van der Waals surface area contributed by atoms with Crippen molar-refractivity contribution in [3.63, 3.8) is 0 Å². The molecular weight excluding hydrogens is 280 g/mol. The Bertz CT molecular complexity index is 729. The summed E-state index contributed by atoms with van der Waals surface area (Å²) in [6, 6.07) is 15.7. The number of benzene rings is 2. The number of aromatic amines is 1. The number of para-hydroxylation sites is 2. The van der Waals surface area contributed by atoms with Gasteiger partial charge in [-0.1, -0.05) is 42.0 Å².